The molecule has 3 rings (SSSR count). The fourth-order valence-corrected chi connectivity index (χ4v) is 2.63. The summed E-state index contributed by atoms with van der Waals surface area (Å²) < 4.78 is 0.835. The van der Waals surface area contributed by atoms with Gasteiger partial charge in [-0.15, -0.1) is 0 Å². The average Bonchev–Trinajstić information content (AvgIpc) is 2.72. The summed E-state index contributed by atoms with van der Waals surface area (Å²) in [6, 6.07) is 13.2. The first-order chi connectivity index (χ1) is 9.59. The van der Waals surface area contributed by atoms with Crippen molar-refractivity contribution in [1.82, 2.24) is 0 Å². The second-order valence-electron chi connectivity index (χ2n) is 4.58. The second kappa shape index (κ2) is 4.80. The van der Waals surface area contributed by atoms with E-state index < -0.39 is 23.3 Å². The fourth-order valence-electron chi connectivity index (χ4n) is 2.36. The third-order valence-corrected chi connectivity index (χ3v) is 3.90. The summed E-state index contributed by atoms with van der Waals surface area (Å²) >= 11 is 3.28. The molecule has 0 atom stereocenters. The molecule has 2 aromatic rings. The van der Waals surface area contributed by atoms with Crippen molar-refractivity contribution in [2.24, 2.45) is 5.92 Å². The van der Waals surface area contributed by atoms with E-state index in [1.165, 1.54) is 0 Å². The van der Waals surface area contributed by atoms with E-state index in [1.54, 1.807) is 48.5 Å². The number of benzene rings is 2. The van der Waals surface area contributed by atoms with E-state index in [-0.39, 0.29) is 0 Å². The van der Waals surface area contributed by atoms with Gasteiger partial charge in [0.15, 0.2) is 17.3 Å². The molecule has 0 unspecified atom stereocenters. The van der Waals surface area contributed by atoms with E-state index in [1.807, 2.05) is 0 Å². The molecule has 3 nitrogen and oxygen atoms in total. The van der Waals surface area contributed by atoms with E-state index in [9.17, 15) is 14.4 Å². The van der Waals surface area contributed by atoms with Gasteiger partial charge in [-0.3, -0.25) is 14.4 Å². The molecule has 1 aliphatic carbocycles. The molecule has 0 saturated heterocycles. The van der Waals surface area contributed by atoms with E-state index in [0.717, 1.165) is 4.47 Å². The number of hydrogen-bond acceptors (Lipinski definition) is 3. The van der Waals surface area contributed by atoms with Crippen LogP contribution in [0.5, 0.6) is 0 Å². The third kappa shape index (κ3) is 1.93. The number of carbonyl (C=O) groups is 3. The van der Waals surface area contributed by atoms with Crippen molar-refractivity contribution in [2.75, 3.05) is 0 Å². The Morgan fingerprint density at radius 1 is 0.850 bits per heavy atom. The lowest BCUT2D eigenvalue weighted by molar-refractivity contribution is 0.0756. The number of carbonyl (C=O) groups excluding carboxylic acids is 3. The average molecular weight is 329 g/mol. The topological polar surface area (TPSA) is 51.2 Å². The molecule has 98 valence electrons. The number of hydrogen-bond donors (Lipinski definition) is 0. The fraction of sp³-hybridized carbons (Fsp3) is 0.0625. The van der Waals surface area contributed by atoms with Crippen molar-refractivity contribution in [3.63, 3.8) is 0 Å². The highest BCUT2D eigenvalue weighted by molar-refractivity contribution is 9.10. The van der Waals surface area contributed by atoms with Gasteiger partial charge in [0.05, 0.1) is 0 Å². The number of ketones is 3. The molecule has 0 spiro atoms. The van der Waals surface area contributed by atoms with Crippen molar-refractivity contribution < 1.29 is 14.4 Å². The highest BCUT2D eigenvalue weighted by Gasteiger charge is 2.43. The summed E-state index contributed by atoms with van der Waals surface area (Å²) in [4.78, 5) is 36.9. The smallest absolute Gasteiger partial charge is 0.182 e. The van der Waals surface area contributed by atoms with E-state index in [4.69, 9.17) is 0 Å². The summed E-state index contributed by atoms with van der Waals surface area (Å²) in [5.74, 6) is -2.48. The van der Waals surface area contributed by atoms with Crippen molar-refractivity contribution in [1.29, 1.82) is 0 Å². The van der Waals surface area contributed by atoms with Gasteiger partial charge in [0.2, 0.25) is 0 Å². The standard InChI is InChI=1S/C16H9BrO3/c17-10-7-5-9(6-8-10)14(18)13-15(19)11-3-1-2-4-12(11)16(13)20/h1-8,13H. The number of Topliss-reactive ketones (excluding diaryl/α,β-unsaturated/α-hetero) is 3. The number of fused-ring (bicyclic) bond motifs is 1. The van der Waals surface area contributed by atoms with Crippen molar-refractivity contribution in [3.05, 3.63) is 69.7 Å². The van der Waals surface area contributed by atoms with Gasteiger partial charge in [-0.2, -0.15) is 0 Å². The molecule has 2 aromatic carbocycles. The van der Waals surface area contributed by atoms with E-state index in [2.05, 4.69) is 15.9 Å². The predicted molar refractivity (Wildman–Crippen MR) is 77.1 cm³/mol. The molecule has 20 heavy (non-hydrogen) atoms. The first kappa shape index (κ1) is 12.9. The minimum Gasteiger partial charge on any atom is -0.293 e. The molecule has 0 N–H and O–H groups in total. The van der Waals surface area contributed by atoms with Crippen molar-refractivity contribution in [2.45, 2.75) is 0 Å². The Balaban J connectivity index is 2.00. The molecule has 4 heteroatoms. The first-order valence-corrected chi connectivity index (χ1v) is 6.86. The van der Waals surface area contributed by atoms with Gasteiger partial charge in [0.1, 0.15) is 5.92 Å². The molecular weight excluding hydrogens is 320 g/mol. The molecule has 0 heterocycles. The Hall–Kier alpha value is -2.07. The van der Waals surface area contributed by atoms with E-state index in [0.29, 0.717) is 16.7 Å². The number of halogens is 1. The molecule has 0 aliphatic heterocycles. The van der Waals surface area contributed by atoms with Crippen molar-refractivity contribution in [3.8, 4) is 0 Å². The largest absolute Gasteiger partial charge is 0.293 e. The molecule has 1 aliphatic rings. The van der Waals surface area contributed by atoms with Gasteiger partial charge >= 0.3 is 0 Å². The Morgan fingerprint density at radius 3 is 1.85 bits per heavy atom. The van der Waals surface area contributed by atoms with Crippen LogP contribution in [0.4, 0.5) is 0 Å². The zero-order valence-electron chi connectivity index (χ0n) is 10.3. The minimum atomic E-state index is -1.23. The lowest BCUT2D eigenvalue weighted by atomic mass is 9.93. The summed E-state index contributed by atoms with van der Waals surface area (Å²) in [5.41, 5.74) is 1.05. The third-order valence-electron chi connectivity index (χ3n) is 3.37. The normalized spacial score (nSPS) is 14.4. The van der Waals surface area contributed by atoms with Gasteiger partial charge in [-0.25, -0.2) is 0 Å². The van der Waals surface area contributed by atoms with Crippen LogP contribution < -0.4 is 0 Å². The number of rotatable bonds is 2. The maximum absolute atomic E-state index is 12.4. The quantitative estimate of drug-likeness (QED) is 0.627. The molecule has 0 amide bonds. The van der Waals surface area contributed by atoms with E-state index >= 15 is 0 Å². The summed E-state index contributed by atoms with van der Waals surface area (Å²) in [6.07, 6.45) is 0. The molecular formula is C16H9BrO3. The summed E-state index contributed by atoms with van der Waals surface area (Å²) in [5, 5.41) is 0. The van der Waals surface area contributed by atoms with Gasteiger partial charge < -0.3 is 0 Å². The van der Waals surface area contributed by atoms with Crippen LogP contribution in [0.1, 0.15) is 31.1 Å². The second-order valence-corrected chi connectivity index (χ2v) is 5.49. The molecule has 0 saturated carbocycles. The maximum atomic E-state index is 12.4. The zero-order valence-corrected chi connectivity index (χ0v) is 11.9. The van der Waals surface area contributed by atoms with Crippen LogP contribution in [0, 0.1) is 5.92 Å². The predicted octanol–water partition coefficient (Wildman–Crippen LogP) is 3.33. The van der Waals surface area contributed by atoms with Gasteiger partial charge in [-0.05, 0) is 12.1 Å². The minimum absolute atomic E-state index is 0.341. The van der Waals surface area contributed by atoms with Crippen LogP contribution in [-0.2, 0) is 0 Å². The molecule has 0 aromatic heterocycles. The summed E-state index contributed by atoms with van der Waals surface area (Å²) in [6.45, 7) is 0. The first-order valence-electron chi connectivity index (χ1n) is 6.07. The lowest BCUT2D eigenvalue weighted by Crippen LogP contribution is -2.25. The molecule has 0 radical (unpaired) electrons. The van der Waals surface area contributed by atoms with Gasteiger partial charge in [0, 0.05) is 21.2 Å². The molecule has 0 bridgehead atoms. The maximum Gasteiger partial charge on any atom is 0.182 e. The van der Waals surface area contributed by atoms with Crippen LogP contribution in [0.3, 0.4) is 0 Å². The highest BCUT2D eigenvalue weighted by atomic mass is 79.9. The van der Waals surface area contributed by atoms with Gasteiger partial charge in [-0.1, -0.05) is 52.3 Å². The van der Waals surface area contributed by atoms with Crippen LogP contribution >= 0.6 is 15.9 Å². The monoisotopic (exact) mass is 328 g/mol. The van der Waals surface area contributed by atoms with Crippen molar-refractivity contribution >= 4 is 33.3 Å². The SMILES string of the molecule is O=C(c1ccc(Br)cc1)C1C(=O)c2ccccc2C1=O. The Labute approximate surface area is 123 Å². The Kier molecular flexibility index (Phi) is 3.10. The van der Waals surface area contributed by atoms with Crippen LogP contribution in [0.25, 0.3) is 0 Å². The lowest BCUT2D eigenvalue weighted by Gasteiger charge is -2.06. The van der Waals surface area contributed by atoms with Crippen LogP contribution in [0.15, 0.2) is 53.0 Å². The zero-order chi connectivity index (χ0) is 14.3. The Morgan fingerprint density at radius 2 is 1.35 bits per heavy atom. The highest BCUT2D eigenvalue weighted by Crippen LogP contribution is 2.29. The summed E-state index contributed by atoms with van der Waals surface area (Å²) in [7, 11) is 0. The van der Waals surface area contributed by atoms with Gasteiger partial charge in [0.25, 0.3) is 0 Å². The molecule has 0 fully saturated rings. The Bertz CT molecular complexity index is 697. The van der Waals surface area contributed by atoms with Crippen LogP contribution in [-0.4, -0.2) is 17.3 Å². The van der Waals surface area contributed by atoms with Crippen LogP contribution in [0.2, 0.25) is 0 Å².